The van der Waals surface area contributed by atoms with E-state index in [0.717, 1.165) is 36.8 Å². The average Bonchev–Trinajstić information content (AvgIpc) is 3.32. The zero-order valence-electron chi connectivity index (χ0n) is 16.5. The van der Waals surface area contributed by atoms with Gasteiger partial charge in [0.2, 0.25) is 5.91 Å². The molecular formula is C23H27NO3S. The number of carbonyl (C=O) groups is 1. The monoisotopic (exact) mass is 397 g/mol. The lowest BCUT2D eigenvalue weighted by Crippen LogP contribution is -2.51. The maximum atomic E-state index is 13.7. The topological polar surface area (TPSA) is 63.2 Å². The number of aryl methyl sites for hydroxylation is 3. The Bertz CT molecular complexity index is 1020. The molecule has 0 bridgehead atoms. The van der Waals surface area contributed by atoms with Crippen molar-refractivity contribution in [2.75, 3.05) is 0 Å². The van der Waals surface area contributed by atoms with Crippen LogP contribution in [0.2, 0.25) is 0 Å². The van der Waals surface area contributed by atoms with E-state index in [4.69, 9.17) is 0 Å². The van der Waals surface area contributed by atoms with Crippen LogP contribution >= 0.6 is 0 Å². The highest BCUT2D eigenvalue weighted by atomic mass is 32.2. The molecule has 0 aliphatic heterocycles. The Labute approximate surface area is 167 Å². The Morgan fingerprint density at radius 3 is 2.54 bits per heavy atom. The molecule has 1 amide bonds. The molecule has 2 aromatic rings. The van der Waals surface area contributed by atoms with Gasteiger partial charge in [0, 0.05) is 0 Å². The van der Waals surface area contributed by atoms with Crippen LogP contribution in [0.3, 0.4) is 0 Å². The minimum absolute atomic E-state index is 0.102. The molecule has 0 heterocycles. The standard InChI is InChI=1S/C23H27NO3S/c1-16-9-10-17(2)21(15-16)28(26,27)23(13-5-6-14-23)22(25)24-20-12-11-18-7-3-4-8-19(18)20/h3-4,7-10,15,20H,5-6,11-14H2,1-2H3,(H,24,25)/t20-/m1/s1. The lowest BCUT2D eigenvalue weighted by Gasteiger charge is -2.30. The summed E-state index contributed by atoms with van der Waals surface area (Å²) in [5, 5.41) is 3.11. The molecule has 0 unspecified atom stereocenters. The van der Waals surface area contributed by atoms with Crippen molar-refractivity contribution in [2.45, 2.75) is 68.1 Å². The Morgan fingerprint density at radius 2 is 1.79 bits per heavy atom. The van der Waals surface area contributed by atoms with Gasteiger partial charge in [0.05, 0.1) is 10.9 Å². The molecule has 28 heavy (non-hydrogen) atoms. The highest BCUT2D eigenvalue weighted by Crippen LogP contribution is 2.43. The molecule has 4 rings (SSSR count). The number of amides is 1. The van der Waals surface area contributed by atoms with Gasteiger partial charge in [-0.1, -0.05) is 49.2 Å². The Hall–Kier alpha value is -2.14. The summed E-state index contributed by atoms with van der Waals surface area (Å²) in [5.74, 6) is -0.326. The summed E-state index contributed by atoms with van der Waals surface area (Å²) in [4.78, 5) is 13.8. The van der Waals surface area contributed by atoms with Gasteiger partial charge in [-0.05, 0) is 67.9 Å². The summed E-state index contributed by atoms with van der Waals surface area (Å²) in [7, 11) is -3.78. The van der Waals surface area contributed by atoms with E-state index < -0.39 is 14.6 Å². The third kappa shape index (κ3) is 2.96. The van der Waals surface area contributed by atoms with Crippen LogP contribution in [-0.4, -0.2) is 19.1 Å². The zero-order valence-corrected chi connectivity index (χ0v) is 17.3. The predicted molar refractivity (Wildman–Crippen MR) is 110 cm³/mol. The molecule has 0 spiro atoms. The van der Waals surface area contributed by atoms with Crippen LogP contribution in [0, 0.1) is 13.8 Å². The summed E-state index contributed by atoms with van der Waals surface area (Å²) >= 11 is 0. The van der Waals surface area contributed by atoms with Crippen LogP contribution in [0.15, 0.2) is 47.4 Å². The van der Waals surface area contributed by atoms with Crippen LogP contribution in [-0.2, 0) is 21.1 Å². The number of nitrogens with one attached hydrogen (secondary N) is 1. The third-order valence-electron chi connectivity index (χ3n) is 6.41. The largest absolute Gasteiger partial charge is 0.348 e. The van der Waals surface area contributed by atoms with Gasteiger partial charge < -0.3 is 5.32 Å². The number of carbonyl (C=O) groups excluding carboxylic acids is 1. The first-order valence-electron chi connectivity index (χ1n) is 10.1. The maximum absolute atomic E-state index is 13.7. The molecule has 1 fully saturated rings. The van der Waals surface area contributed by atoms with Gasteiger partial charge in [0.1, 0.15) is 0 Å². The number of rotatable bonds is 4. The first kappa shape index (κ1) is 19.2. The predicted octanol–water partition coefficient (Wildman–Crippen LogP) is 4.19. The second kappa shape index (κ2) is 7.03. The van der Waals surface area contributed by atoms with Crippen LogP contribution < -0.4 is 5.32 Å². The van der Waals surface area contributed by atoms with E-state index in [0.29, 0.717) is 23.3 Å². The molecule has 4 nitrogen and oxygen atoms in total. The molecule has 1 saturated carbocycles. The minimum atomic E-state index is -3.78. The van der Waals surface area contributed by atoms with Crippen molar-refractivity contribution in [1.29, 1.82) is 0 Å². The summed E-state index contributed by atoms with van der Waals surface area (Å²) in [6.07, 6.45) is 4.05. The Balaban J connectivity index is 1.70. The molecule has 5 heteroatoms. The number of fused-ring (bicyclic) bond motifs is 1. The van der Waals surface area contributed by atoms with Crippen LogP contribution in [0.1, 0.15) is 60.4 Å². The van der Waals surface area contributed by atoms with E-state index in [1.54, 1.807) is 13.0 Å². The highest BCUT2D eigenvalue weighted by Gasteiger charge is 2.53. The van der Waals surface area contributed by atoms with Gasteiger partial charge in [-0.25, -0.2) is 8.42 Å². The number of hydrogen-bond acceptors (Lipinski definition) is 3. The van der Waals surface area contributed by atoms with Crippen LogP contribution in [0.4, 0.5) is 0 Å². The Morgan fingerprint density at radius 1 is 1.07 bits per heavy atom. The first-order chi connectivity index (χ1) is 13.3. The van der Waals surface area contributed by atoms with E-state index in [2.05, 4.69) is 11.4 Å². The second-order valence-corrected chi connectivity index (χ2v) is 10.5. The third-order valence-corrected chi connectivity index (χ3v) is 9.05. The highest BCUT2D eigenvalue weighted by molar-refractivity contribution is 7.93. The molecule has 0 saturated heterocycles. The van der Waals surface area contributed by atoms with Crippen molar-refractivity contribution in [3.8, 4) is 0 Å². The maximum Gasteiger partial charge on any atom is 0.242 e. The van der Waals surface area contributed by atoms with Gasteiger partial charge in [0.15, 0.2) is 14.6 Å². The van der Waals surface area contributed by atoms with Gasteiger partial charge in [-0.15, -0.1) is 0 Å². The fourth-order valence-corrected chi connectivity index (χ4v) is 7.15. The van der Waals surface area contributed by atoms with Crippen molar-refractivity contribution in [1.82, 2.24) is 5.32 Å². The Kier molecular flexibility index (Phi) is 4.82. The lowest BCUT2D eigenvalue weighted by molar-refractivity contribution is -0.124. The van der Waals surface area contributed by atoms with Crippen LogP contribution in [0.25, 0.3) is 0 Å². The molecule has 148 valence electrons. The van der Waals surface area contributed by atoms with E-state index in [1.807, 2.05) is 37.3 Å². The van der Waals surface area contributed by atoms with E-state index in [-0.39, 0.29) is 11.9 Å². The minimum Gasteiger partial charge on any atom is -0.348 e. The molecule has 1 N–H and O–H groups in total. The molecule has 1 atom stereocenters. The van der Waals surface area contributed by atoms with Gasteiger partial charge in [0.25, 0.3) is 0 Å². The second-order valence-electron chi connectivity index (χ2n) is 8.24. The molecule has 2 aliphatic carbocycles. The fraction of sp³-hybridized carbons (Fsp3) is 0.435. The van der Waals surface area contributed by atoms with Crippen molar-refractivity contribution >= 4 is 15.7 Å². The smallest absolute Gasteiger partial charge is 0.242 e. The van der Waals surface area contributed by atoms with Crippen LogP contribution in [0.5, 0.6) is 0 Å². The van der Waals surface area contributed by atoms with E-state index in [9.17, 15) is 13.2 Å². The van der Waals surface area contributed by atoms with Crippen molar-refractivity contribution in [2.24, 2.45) is 0 Å². The molecule has 0 radical (unpaired) electrons. The lowest BCUT2D eigenvalue weighted by atomic mass is 10.0. The number of hydrogen-bond donors (Lipinski definition) is 1. The van der Waals surface area contributed by atoms with Crippen molar-refractivity contribution in [3.63, 3.8) is 0 Å². The summed E-state index contributed by atoms with van der Waals surface area (Å²) < 4.78 is 26.1. The molecule has 0 aromatic heterocycles. The first-order valence-corrected chi connectivity index (χ1v) is 11.5. The van der Waals surface area contributed by atoms with E-state index in [1.165, 1.54) is 5.56 Å². The normalized spacial score (nSPS) is 20.7. The van der Waals surface area contributed by atoms with Gasteiger partial charge in [-0.2, -0.15) is 0 Å². The molecular weight excluding hydrogens is 370 g/mol. The molecule has 2 aromatic carbocycles. The van der Waals surface area contributed by atoms with E-state index >= 15 is 0 Å². The zero-order chi connectivity index (χ0) is 19.9. The summed E-state index contributed by atoms with van der Waals surface area (Å²) in [6.45, 7) is 3.69. The summed E-state index contributed by atoms with van der Waals surface area (Å²) in [6, 6.07) is 13.4. The van der Waals surface area contributed by atoms with Gasteiger partial charge >= 0.3 is 0 Å². The van der Waals surface area contributed by atoms with Crippen molar-refractivity contribution in [3.05, 3.63) is 64.7 Å². The summed E-state index contributed by atoms with van der Waals surface area (Å²) in [5.41, 5.74) is 3.96. The SMILES string of the molecule is Cc1ccc(C)c(S(=O)(=O)C2(C(=O)N[C@@H]3CCc4ccccc43)CCCC2)c1. The quantitative estimate of drug-likeness (QED) is 0.841. The van der Waals surface area contributed by atoms with Gasteiger partial charge in [-0.3, -0.25) is 4.79 Å². The number of benzene rings is 2. The number of sulfone groups is 1. The van der Waals surface area contributed by atoms with Crippen molar-refractivity contribution < 1.29 is 13.2 Å². The molecule has 2 aliphatic rings. The average molecular weight is 398 g/mol. The fourth-order valence-electron chi connectivity index (χ4n) is 4.77.